The van der Waals surface area contributed by atoms with Crippen molar-refractivity contribution in [3.8, 4) is 0 Å². The molecule has 0 spiro atoms. The summed E-state index contributed by atoms with van der Waals surface area (Å²) in [4.78, 5) is 4.16. The SMILES string of the molecule is CNc1ncccc1S(=O)(=O)NCCC(C)C. The van der Waals surface area contributed by atoms with E-state index >= 15 is 0 Å². The van der Waals surface area contributed by atoms with Crippen LogP contribution in [0.5, 0.6) is 0 Å². The second-order valence-electron chi connectivity index (χ2n) is 4.18. The molecule has 0 aromatic carbocycles. The highest BCUT2D eigenvalue weighted by molar-refractivity contribution is 7.89. The molecule has 0 bridgehead atoms. The number of rotatable bonds is 6. The first-order valence-electron chi connectivity index (χ1n) is 5.60. The highest BCUT2D eigenvalue weighted by atomic mass is 32.2. The molecule has 0 saturated heterocycles. The van der Waals surface area contributed by atoms with Crippen LogP contribution < -0.4 is 10.0 Å². The van der Waals surface area contributed by atoms with E-state index in [4.69, 9.17) is 0 Å². The van der Waals surface area contributed by atoms with Crippen LogP contribution in [0.1, 0.15) is 20.3 Å². The minimum absolute atomic E-state index is 0.186. The van der Waals surface area contributed by atoms with Gasteiger partial charge in [0.2, 0.25) is 10.0 Å². The molecule has 1 heterocycles. The summed E-state index contributed by atoms with van der Waals surface area (Å²) in [6.45, 7) is 4.55. The standard InChI is InChI=1S/C11H19N3O2S/c1-9(2)6-8-14-17(15,16)10-5-4-7-13-11(10)12-3/h4-5,7,9,14H,6,8H2,1-3H3,(H,12,13). The Kier molecular flexibility index (Phi) is 4.89. The van der Waals surface area contributed by atoms with Crippen molar-refractivity contribution < 1.29 is 8.42 Å². The fourth-order valence-corrected chi connectivity index (χ4v) is 2.56. The van der Waals surface area contributed by atoms with Crippen LogP contribution in [0.3, 0.4) is 0 Å². The third kappa shape index (κ3) is 3.98. The number of nitrogens with zero attached hydrogens (tertiary/aromatic N) is 1. The van der Waals surface area contributed by atoms with Gasteiger partial charge >= 0.3 is 0 Å². The summed E-state index contributed by atoms with van der Waals surface area (Å²) < 4.78 is 26.6. The number of nitrogens with one attached hydrogen (secondary N) is 2. The molecular formula is C11H19N3O2S. The second kappa shape index (κ2) is 5.97. The monoisotopic (exact) mass is 257 g/mol. The van der Waals surface area contributed by atoms with Gasteiger partial charge in [0.1, 0.15) is 10.7 Å². The third-order valence-electron chi connectivity index (χ3n) is 2.31. The largest absolute Gasteiger partial charge is 0.372 e. The topological polar surface area (TPSA) is 71.1 Å². The fraction of sp³-hybridized carbons (Fsp3) is 0.545. The lowest BCUT2D eigenvalue weighted by atomic mass is 10.1. The molecule has 0 aliphatic carbocycles. The van der Waals surface area contributed by atoms with Gasteiger partial charge in [-0.2, -0.15) is 0 Å². The molecule has 0 amide bonds. The molecule has 0 aliphatic heterocycles. The van der Waals surface area contributed by atoms with Crippen molar-refractivity contribution in [2.75, 3.05) is 18.9 Å². The smallest absolute Gasteiger partial charge is 0.244 e. The Balaban J connectivity index is 2.82. The van der Waals surface area contributed by atoms with Crippen molar-refractivity contribution in [3.05, 3.63) is 18.3 Å². The quantitative estimate of drug-likeness (QED) is 0.809. The number of aromatic nitrogens is 1. The van der Waals surface area contributed by atoms with Gasteiger partial charge in [-0.1, -0.05) is 13.8 Å². The van der Waals surface area contributed by atoms with Crippen LogP contribution in [0.4, 0.5) is 5.82 Å². The molecule has 0 atom stereocenters. The average Bonchev–Trinajstić information content (AvgIpc) is 2.28. The molecular weight excluding hydrogens is 238 g/mol. The Hall–Kier alpha value is -1.14. The van der Waals surface area contributed by atoms with Crippen molar-refractivity contribution >= 4 is 15.8 Å². The van der Waals surface area contributed by atoms with E-state index in [-0.39, 0.29) is 4.90 Å². The van der Waals surface area contributed by atoms with Crippen LogP contribution in [0, 0.1) is 5.92 Å². The van der Waals surface area contributed by atoms with E-state index in [2.05, 4.69) is 28.9 Å². The van der Waals surface area contributed by atoms with Gasteiger partial charge < -0.3 is 5.32 Å². The minimum atomic E-state index is -3.47. The molecule has 17 heavy (non-hydrogen) atoms. The lowest BCUT2D eigenvalue weighted by molar-refractivity contribution is 0.551. The molecule has 0 aliphatic rings. The zero-order chi connectivity index (χ0) is 12.9. The Labute approximate surface area is 103 Å². The number of pyridine rings is 1. The Bertz CT molecular complexity index is 458. The molecule has 1 aromatic rings. The summed E-state index contributed by atoms with van der Waals surface area (Å²) in [5.41, 5.74) is 0. The van der Waals surface area contributed by atoms with E-state index in [1.165, 1.54) is 6.07 Å². The summed E-state index contributed by atoms with van der Waals surface area (Å²) in [5.74, 6) is 0.833. The van der Waals surface area contributed by atoms with E-state index in [0.29, 0.717) is 18.3 Å². The van der Waals surface area contributed by atoms with Gasteiger partial charge in [0.25, 0.3) is 0 Å². The molecule has 6 heteroatoms. The molecule has 1 aromatic heterocycles. The van der Waals surface area contributed by atoms with Crippen molar-refractivity contribution in [1.29, 1.82) is 0 Å². The lowest BCUT2D eigenvalue weighted by Crippen LogP contribution is -2.26. The van der Waals surface area contributed by atoms with Gasteiger partial charge in [-0.15, -0.1) is 0 Å². The van der Waals surface area contributed by atoms with Crippen molar-refractivity contribution in [2.24, 2.45) is 5.92 Å². The van der Waals surface area contributed by atoms with Crippen molar-refractivity contribution in [2.45, 2.75) is 25.2 Å². The highest BCUT2D eigenvalue weighted by Crippen LogP contribution is 2.16. The van der Waals surface area contributed by atoms with Gasteiger partial charge in [-0.05, 0) is 24.5 Å². The maximum absolute atomic E-state index is 12.0. The summed E-state index contributed by atoms with van der Waals surface area (Å²) in [6, 6.07) is 3.15. The predicted octanol–water partition coefficient (Wildman–Crippen LogP) is 1.45. The van der Waals surface area contributed by atoms with Crippen molar-refractivity contribution in [1.82, 2.24) is 9.71 Å². The van der Waals surface area contributed by atoms with Crippen LogP contribution >= 0.6 is 0 Å². The van der Waals surface area contributed by atoms with E-state index in [1.807, 2.05) is 0 Å². The summed E-state index contributed by atoms with van der Waals surface area (Å²) in [5, 5.41) is 2.77. The minimum Gasteiger partial charge on any atom is -0.372 e. The molecule has 0 radical (unpaired) electrons. The first kappa shape index (κ1) is 13.9. The van der Waals surface area contributed by atoms with E-state index in [0.717, 1.165) is 6.42 Å². The van der Waals surface area contributed by atoms with Crippen LogP contribution in [-0.4, -0.2) is 27.0 Å². The van der Waals surface area contributed by atoms with Gasteiger partial charge in [-0.3, -0.25) is 0 Å². The third-order valence-corrected chi connectivity index (χ3v) is 3.80. The van der Waals surface area contributed by atoms with E-state index in [9.17, 15) is 8.42 Å². The van der Waals surface area contributed by atoms with Gasteiger partial charge in [0.15, 0.2) is 0 Å². The fourth-order valence-electron chi connectivity index (χ4n) is 1.35. The first-order chi connectivity index (χ1) is 7.97. The Morgan fingerprint density at radius 3 is 2.71 bits per heavy atom. The summed E-state index contributed by atoms with van der Waals surface area (Å²) in [7, 11) is -1.83. The number of hydrogen-bond acceptors (Lipinski definition) is 4. The second-order valence-corrected chi connectivity index (χ2v) is 5.92. The van der Waals surface area contributed by atoms with Crippen LogP contribution in [0.15, 0.2) is 23.2 Å². The first-order valence-corrected chi connectivity index (χ1v) is 7.08. The zero-order valence-corrected chi connectivity index (χ0v) is 11.2. The lowest BCUT2D eigenvalue weighted by Gasteiger charge is -2.10. The molecule has 0 unspecified atom stereocenters. The number of anilines is 1. The average molecular weight is 257 g/mol. The molecule has 2 N–H and O–H groups in total. The maximum Gasteiger partial charge on any atom is 0.244 e. The van der Waals surface area contributed by atoms with Crippen LogP contribution in [0.2, 0.25) is 0 Å². The molecule has 0 saturated carbocycles. The molecule has 1 rings (SSSR count). The summed E-state index contributed by atoms with van der Waals surface area (Å²) in [6.07, 6.45) is 2.37. The van der Waals surface area contributed by atoms with Gasteiger partial charge in [-0.25, -0.2) is 18.1 Å². The molecule has 96 valence electrons. The maximum atomic E-state index is 12.0. The zero-order valence-electron chi connectivity index (χ0n) is 10.4. The molecule has 5 nitrogen and oxygen atoms in total. The van der Waals surface area contributed by atoms with E-state index in [1.54, 1.807) is 19.3 Å². The van der Waals surface area contributed by atoms with Crippen LogP contribution in [-0.2, 0) is 10.0 Å². The Morgan fingerprint density at radius 1 is 1.41 bits per heavy atom. The van der Waals surface area contributed by atoms with Crippen molar-refractivity contribution in [3.63, 3.8) is 0 Å². The molecule has 0 fully saturated rings. The summed E-state index contributed by atoms with van der Waals surface area (Å²) >= 11 is 0. The Morgan fingerprint density at radius 2 is 2.12 bits per heavy atom. The van der Waals surface area contributed by atoms with Gasteiger partial charge in [0.05, 0.1) is 0 Å². The number of sulfonamides is 1. The van der Waals surface area contributed by atoms with Gasteiger partial charge in [0, 0.05) is 19.8 Å². The normalized spacial score (nSPS) is 11.8. The predicted molar refractivity (Wildman–Crippen MR) is 68.4 cm³/mol. The van der Waals surface area contributed by atoms with E-state index < -0.39 is 10.0 Å². The van der Waals surface area contributed by atoms with Crippen LogP contribution in [0.25, 0.3) is 0 Å². The highest BCUT2D eigenvalue weighted by Gasteiger charge is 2.17. The number of hydrogen-bond donors (Lipinski definition) is 2.